The summed E-state index contributed by atoms with van der Waals surface area (Å²) < 4.78 is 0. The molecule has 0 aliphatic heterocycles. The van der Waals surface area contributed by atoms with E-state index in [1.165, 1.54) is 0 Å². The largest absolute Gasteiger partial charge is 0.339 e. The van der Waals surface area contributed by atoms with Crippen LogP contribution in [0.1, 0.15) is 26.7 Å². The predicted molar refractivity (Wildman–Crippen MR) is 48.6 cm³/mol. The Morgan fingerprint density at radius 3 is 2.50 bits per heavy atom. The van der Waals surface area contributed by atoms with Gasteiger partial charge in [0.2, 0.25) is 5.91 Å². The van der Waals surface area contributed by atoms with Crippen LogP contribution < -0.4 is 5.73 Å². The second kappa shape index (κ2) is 3.90. The number of nitrogens with two attached hydrogens (primary N) is 1. The number of amides is 1. The van der Waals surface area contributed by atoms with E-state index in [0.717, 1.165) is 12.8 Å². The molecule has 0 heterocycles. The van der Waals surface area contributed by atoms with E-state index in [4.69, 9.17) is 5.73 Å². The van der Waals surface area contributed by atoms with Gasteiger partial charge in [-0.05, 0) is 26.7 Å². The lowest BCUT2D eigenvalue weighted by molar-refractivity contribution is -0.134. The van der Waals surface area contributed by atoms with Gasteiger partial charge in [0.1, 0.15) is 0 Å². The van der Waals surface area contributed by atoms with Crippen molar-refractivity contribution in [1.82, 2.24) is 4.90 Å². The van der Waals surface area contributed by atoms with Crippen molar-refractivity contribution in [1.29, 1.82) is 0 Å². The molecule has 1 aliphatic rings. The molecule has 0 spiro atoms. The van der Waals surface area contributed by atoms with E-state index in [9.17, 15) is 4.79 Å². The van der Waals surface area contributed by atoms with E-state index in [-0.39, 0.29) is 0 Å². The van der Waals surface area contributed by atoms with Crippen molar-refractivity contribution in [2.45, 2.75) is 32.7 Å². The van der Waals surface area contributed by atoms with Crippen molar-refractivity contribution in [3.05, 3.63) is 0 Å². The van der Waals surface area contributed by atoms with E-state index >= 15 is 0 Å². The van der Waals surface area contributed by atoms with Crippen LogP contribution in [0.3, 0.4) is 0 Å². The Morgan fingerprint density at radius 1 is 1.58 bits per heavy atom. The molecule has 0 unspecified atom stereocenters. The number of nitrogens with zero attached hydrogens (tertiary/aromatic N) is 1. The maximum Gasteiger partial charge on any atom is 0.225 e. The second-order valence-corrected chi connectivity index (χ2v) is 3.69. The molecule has 0 saturated heterocycles. The molecule has 0 atom stereocenters. The van der Waals surface area contributed by atoms with E-state index in [1.807, 2.05) is 18.7 Å². The summed E-state index contributed by atoms with van der Waals surface area (Å²) in [6, 6.07) is 0.293. The summed E-state index contributed by atoms with van der Waals surface area (Å²) in [7, 11) is 0. The monoisotopic (exact) mass is 170 g/mol. The Hall–Kier alpha value is -0.570. The molecule has 1 saturated carbocycles. The Bertz CT molecular complexity index is 164. The molecule has 2 N–H and O–H groups in total. The zero-order valence-corrected chi connectivity index (χ0v) is 7.92. The number of hydrogen-bond donors (Lipinski definition) is 1. The smallest absolute Gasteiger partial charge is 0.225 e. The number of carbonyl (C=O) groups excluding carboxylic acids is 1. The molecule has 3 heteroatoms. The van der Waals surface area contributed by atoms with E-state index < -0.39 is 0 Å². The maximum atomic E-state index is 11.6. The summed E-state index contributed by atoms with van der Waals surface area (Å²) >= 11 is 0. The minimum absolute atomic E-state index is 0.293. The van der Waals surface area contributed by atoms with Gasteiger partial charge in [0.05, 0.1) is 0 Å². The molecule has 12 heavy (non-hydrogen) atoms. The summed E-state index contributed by atoms with van der Waals surface area (Å²) in [6.45, 7) is 5.34. The average molecular weight is 170 g/mol. The average Bonchev–Trinajstić information content (AvgIpc) is 2.80. The molecular weight excluding hydrogens is 152 g/mol. The highest BCUT2D eigenvalue weighted by molar-refractivity contribution is 5.81. The lowest BCUT2D eigenvalue weighted by Gasteiger charge is -2.26. The molecule has 1 amide bonds. The number of rotatable bonds is 4. The second-order valence-electron chi connectivity index (χ2n) is 3.69. The Labute approximate surface area is 73.9 Å². The summed E-state index contributed by atoms with van der Waals surface area (Å²) in [4.78, 5) is 13.5. The van der Waals surface area contributed by atoms with Crippen LogP contribution in [0.25, 0.3) is 0 Å². The highest BCUT2D eigenvalue weighted by Crippen LogP contribution is 2.31. The third kappa shape index (κ3) is 2.21. The van der Waals surface area contributed by atoms with Crippen molar-refractivity contribution in [3.8, 4) is 0 Å². The van der Waals surface area contributed by atoms with E-state index in [2.05, 4.69) is 0 Å². The molecule has 1 rings (SSSR count). The first-order valence-corrected chi connectivity index (χ1v) is 4.67. The lowest BCUT2D eigenvalue weighted by atomic mass is 10.2. The minimum atomic E-state index is 0.293. The molecular formula is C9H18N2O. The summed E-state index contributed by atoms with van der Waals surface area (Å²) in [6.07, 6.45) is 2.15. The fourth-order valence-electron chi connectivity index (χ4n) is 1.33. The van der Waals surface area contributed by atoms with Crippen molar-refractivity contribution < 1.29 is 4.79 Å². The predicted octanol–water partition coefficient (Wildman–Crippen LogP) is 0.592. The van der Waals surface area contributed by atoms with Crippen LogP contribution in [0.4, 0.5) is 0 Å². The standard InChI is InChI=1S/C9H18N2O/c1-7(2)11(6-5-10)9(12)8-3-4-8/h7-8H,3-6,10H2,1-2H3. The van der Waals surface area contributed by atoms with Gasteiger partial charge in [-0.2, -0.15) is 0 Å². The Morgan fingerprint density at radius 2 is 2.17 bits per heavy atom. The van der Waals surface area contributed by atoms with E-state index in [0.29, 0.717) is 31.0 Å². The first-order valence-electron chi connectivity index (χ1n) is 4.67. The van der Waals surface area contributed by atoms with Gasteiger partial charge < -0.3 is 10.6 Å². The van der Waals surface area contributed by atoms with Crippen molar-refractivity contribution in [2.75, 3.05) is 13.1 Å². The van der Waals surface area contributed by atoms with Crippen LogP contribution >= 0.6 is 0 Å². The van der Waals surface area contributed by atoms with Crippen LogP contribution in [-0.2, 0) is 4.79 Å². The normalized spacial score (nSPS) is 16.7. The van der Waals surface area contributed by atoms with Gasteiger partial charge in [-0.1, -0.05) is 0 Å². The van der Waals surface area contributed by atoms with Crippen molar-refractivity contribution in [2.24, 2.45) is 11.7 Å². The molecule has 0 aromatic rings. The molecule has 1 fully saturated rings. The topological polar surface area (TPSA) is 46.3 Å². The SMILES string of the molecule is CC(C)N(CCN)C(=O)C1CC1. The van der Waals surface area contributed by atoms with Crippen LogP contribution in [0.2, 0.25) is 0 Å². The van der Waals surface area contributed by atoms with Crippen LogP contribution in [0, 0.1) is 5.92 Å². The first-order chi connectivity index (χ1) is 5.66. The van der Waals surface area contributed by atoms with Gasteiger partial charge >= 0.3 is 0 Å². The maximum absolute atomic E-state index is 11.6. The molecule has 0 radical (unpaired) electrons. The van der Waals surface area contributed by atoms with Gasteiger partial charge in [-0.15, -0.1) is 0 Å². The zero-order chi connectivity index (χ0) is 9.14. The van der Waals surface area contributed by atoms with Crippen LogP contribution in [-0.4, -0.2) is 29.9 Å². The molecule has 0 bridgehead atoms. The highest BCUT2D eigenvalue weighted by atomic mass is 16.2. The zero-order valence-electron chi connectivity index (χ0n) is 7.92. The third-order valence-corrected chi connectivity index (χ3v) is 2.20. The molecule has 0 aromatic carbocycles. The fraction of sp³-hybridized carbons (Fsp3) is 0.889. The summed E-state index contributed by atoms with van der Waals surface area (Å²) in [5, 5.41) is 0. The first kappa shape index (κ1) is 9.52. The van der Waals surface area contributed by atoms with Crippen LogP contribution in [0.5, 0.6) is 0 Å². The Balaban J connectivity index is 2.45. The van der Waals surface area contributed by atoms with Gasteiger partial charge in [0.25, 0.3) is 0 Å². The summed E-state index contributed by atoms with van der Waals surface area (Å²) in [5.41, 5.74) is 5.43. The minimum Gasteiger partial charge on any atom is -0.339 e. The van der Waals surface area contributed by atoms with Gasteiger partial charge in [-0.25, -0.2) is 0 Å². The quantitative estimate of drug-likeness (QED) is 0.671. The molecule has 3 nitrogen and oxygen atoms in total. The van der Waals surface area contributed by atoms with Gasteiger partial charge in [0, 0.05) is 25.0 Å². The fourth-order valence-corrected chi connectivity index (χ4v) is 1.33. The van der Waals surface area contributed by atoms with E-state index in [1.54, 1.807) is 0 Å². The van der Waals surface area contributed by atoms with Crippen molar-refractivity contribution >= 4 is 5.91 Å². The summed E-state index contributed by atoms with van der Waals surface area (Å²) in [5.74, 6) is 0.620. The molecule has 0 aromatic heterocycles. The van der Waals surface area contributed by atoms with Crippen LogP contribution in [0.15, 0.2) is 0 Å². The number of carbonyl (C=O) groups is 1. The number of hydrogen-bond acceptors (Lipinski definition) is 2. The highest BCUT2D eigenvalue weighted by Gasteiger charge is 2.33. The molecule has 1 aliphatic carbocycles. The van der Waals surface area contributed by atoms with Crippen molar-refractivity contribution in [3.63, 3.8) is 0 Å². The molecule has 70 valence electrons. The lowest BCUT2D eigenvalue weighted by Crippen LogP contribution is -2.41. The Kier molecular flexibility index (Phi) is 3.09. The van der Waals surface area contributed by atoms with Gasteiger partial charge in [-0.3, -0.25) is 4.79 Å². The third-order valence-electron chi connectivity index (χ3n) is 2.20. The van der Waals surface area contributed by atoms with Gasteiger partial charge in [0.15, 0.2) is 0 Å².